The summed E-state index contributed by atoms with van der Waals surface area (Å²) in [6.07, 6.45) is 0. The maximum absolute atomic E-state index is 11.5. The first-order valence-electron chi connectivity index (χ1n) is 5.35. The van der Waals surface area contributed by atoms with Gasteiger partial charge in [0.15, 0.2) is 0 Å². The monoisotopic (exact) mass is 238 g/mol. The van der Waals surface area contributed by atoms with E-state index >= 15 is 0 Å². The average Bonchev–Trinajstić information content (AvgIpc) is 2.24. The van der Waals surface area contributed by atoms with Crippen molar-refractivity contribution in [3.05, 3.63) is 23.8 Å². The second kappa shape index (κ2) is 5.80. The summed E-state index contributed by atoms with van der Waals surface area (Å²) in [6.45, 7) is 6.46. The van der Waals surface area contributed by atoms with Gasteiger partial charge in [-0.2, -0.15) is 0 Å². The molecule has 0 aromatic heterocycles. The van der Waals surface area contributed by atoms with E-state index in [-0.39, 0.29) is 11.2 Å². The van der Waals surface area contributed by atoms with Gasteiger partial charge >= 0.3 is 0 Å². The minimum Gasteiger partial charge on any atom is -0.399 e. The normalized spacial score (nSPS) is 12.2. The van der Waals surface area contributed by atoms with E-state index in [0.717, 1.165) is 16.1 Å². The molecule has 1 aromatic carbocycles. The van der Waals surface area contributed by atoms with E-state index in [0.29, 0.717) is 6.54 Å². The number of nitrogens with one attached hydrogen (secondary N) is 1. The Balaban J connectivity index is 2.66. The highest BCUT2D eigenvalue weighted by Crippen LogP contribution is 2.26. The van der Waals surface area contributed by atoms with Gasteiger partial charge < -0.3 is 11.1 Å². The van der Waals surface area contributed by atoms with E-state index in [9.17, 15) is 4.79 Å². The predicted molar refractivity (Wildman–Crippen MR) is 69.6 cm³/mol. The molecule has 1 amide bonds. The molecule has 0 aliphatic heterocycles. The van der Waals surface area contributed by atoms with Gasteiger partial charge in [-0.1, -0.05) is 0 Å². The Labute approximate surface area is 101 Å². The molecule has 0 saturated carbocycles. The molecule has 1 unspecified atom stereocenters. The van der Waals surface area contributed by atoms with E-state index in [1.165, 1.54) is 0 Å². The molecule has 0 aliphatic rings. The van der Waals surface area contributed by atoms with Gasteiger partial charge in [0.1, 0.15) is 0 Å². The fourth-order valence-corrected chi connectivity index (χ4v) is 2.29. The number of nitrogens with two attached hydrogens (primary N) is 1. The first-order valence-corrected chi connectivity index (χ1v) is 6.23. The van der Waals surface area contributed by atoms with Crippen LogP contribution in [0.25, 0.3) is 0 Å². The molecule has 16 heavy (non-hydrogen) atoms. The number of nitrogen functional groups attached to an aromatic ring is 1. The van der Waals surface area contributed by atoms with E-state index in [2.05, 4.69) is 5.32 Å². The van der Waals surface area contributed by atoms with Gasteiger partial charge in [0, 0.05) is 17.1 Å². The molecule has 3 N–H and O–H groups in total. The van der Waals surface area contributed by atoms with E-state index in [4.69, 9.17) is 5.73 Å². The van der Waals surface area contributed by atoms with Crippen molar-refractivity contribution in [1.29, 1.82) is 0 Å². The van der Waals surface area contributed by atoms with Crippen LogP contribution in [0.15, 0.2) is 23.1 Å². The Morgan fingerprint density at radius 2 is 2.25 bits per heavy atom. The quantitative estimate of drug-likeness (QED) is 0.624. The summed E-state index contributed by atoms with van der Waals surface area (Å²) in [5.41, 5.74) is 7.57. The third-order valence-corrected chi connectivity index (χ3v) is 3.37. The van der Waals surface area contributed by atoms with Crippen LogP contribution in [0.2, 0.25) is 0 Å². The molecule has 3 nitrogen and oxygen atoms in total. The molecule has 0 radical (unpaired) electrons. The van der Waals surface area contributed by atoms with Crippen LogP contribution in [0.4, 0.5) is 5.69 Å². The molecule has 0 spiro atoms. The van der Waals surface area contributed by atoms with Gasteiger partial charge in [-0.25, -0.2) is 0 Å². The third kappa shape index (κ3) is 3.45. The number of hydrogen-bond acceptors (Lipinski definition) is 3. The Kier molecular flexibility index (Phi) is 4.68. The molecular weight excluding hydrogens is 220 g/mol. The summed E-state index contributed by atoms with van der Waals surface area (Å²) in [6, 6.07) is 5.83. The minimum atomic E-state index is -0.0806. The third-order valence-electron chi connectivity index (χ3n) is 2.27. The Bertz CT molecular complexity index is 379. The van der Waals surface area contributed by atoms with Crippen LogP contribution in [0.5, 0.6) is 0 Å². The van der Waals surface area contributed by atoms with E-state index in [1.54, 1.807) is 11.8 Å². The molecule has 0 fully saturated rings. The smallest absolute Gasteiger partial charge is 0.233 e. The maximum Gasteiger partial charge on any atom is 0.233 e. The molecule has 4 heteroatoms. The molecule has 0 aliphatic carbocycles. The molecule has 1 atom stereocenters. The van der Waals surface area contributed by atoms with Crippen molar-refractivity contribution in [2.75, 3.05) is 12.3 Å². The van der Waals surface area contributed by atoms with Crippen LogP contribution in [0.1, 0.15) is 19.4 Å². The van der Waals surface area contributed by atoms with Gasteiger partial charge in [-0.3, -0.25) is 4.79 Å². The number of thioether (sulfide) groups is 1. The zero-order chi connectivity index (χ0) is 12.1. The zero-order valence-corrected chi connectivity index (χ0v) is 10.7. The lowest BCUT2D eigenvalue weighted by atomic mass is 10.2. The average molecular weight is 238 g/mol. The topological polar surface area (TPSA) is 55.1 Å². The van der Waals surface area contributed by atoms with Crippen LogP contribution in [0, 0.1) is 6.92 Å². The van der Waals surface area contributed by atoms with Crippen molar-refractivity contribution in [3.8, 4) is 0 Å². The second-order valence-electron chi connectivity index (χ2n) is 3.67. The summed E-state index contributed by atoms with van der Waals surface area (Å²) in [5.74, 6) is 0.0713. The number of aryl methyl sites for hydroxylation is 1. The highest BCUT2D eigenvalue weighted by Gasteiger charge is 2.13. The fraction of sp³-hybridized carbons (Fsp3) is 0.417. The minimum absolute atomic E-state index is 0.0713. The molecule has 0 heterocycles. The van der Waals surface area contributed by atoms with Gasteiger partial charge in [-0.15, -0.1) is 11.8 Å². The molecule has 88 valence electrons. The highest BCUT2D eigenvalue weighted by molar-refractivity contribution is 8.00. The van der Waals surface area contributed by atoms with E-state index < -0.39 is 0 Å². The maximum atomic E-state index is 11.5. The molecule has 0 bridgehead atoms. The van der Waals surface area contributed by atoms with Crippen LogP contribution < -0.4 is 11.1 Å². The predicted octanol–water partition coefficient (Wildman–Crippen LogP) is 2.19. The number of anilines is 1. The number of benzene rings is 1. The number of hydrogen-bond donors (Lipinski definition) is 2. The van der Waals surface area contributed by atoms with Crippen molar-refractivity contribution < 1.29 is 4.79 Å². The first kappa shape index (κ1) is 12.9. The summed E-state index contributed by atoms with van der Waals surface area (Å²) in [5, 5.41) is 2.73. The lowest BCUT2D eigenvalue weighted by Crippen LogP contribution is -2.30. The molecule has 1 aromatic rings. The summed E-state index contributed by atoms with van der Waals surface area (Å²) < 4.78 is 0. The Hall–Kier alpha value is -1.16. The molecular formula is C12H18N2OS. The SMILES string of the molecule is CCNC(=O)C(C)Sc1ccc(N)c(C)c1. The van der Waals surface area contributed by atoms with Gasteiger partial charge in [0.25, 0.3) is 0 Å². The first-order chi connectivity index (χ1) is 7.54. The number of rotatable bonds is 4. The number of carbonyl (C=O) groups excluding carboxylic acids is 1. The lowest BCUT2D eigenvalue weighted by Gasteiger charge is -2.11. The zero-order valence-electron chi connectivity index (χ0n) is 9.91. The van der Waals surface area contributed by atoms with Gasteiger partial charge in [0.05, 0.1) is 5.25 Å². The largest absolute Gasteiger partial charge is 0.399 e. The lowest BCUT2D eigenvalue weighted by molar-refractivity contribution is -0.120. The van der Waals surface area contributed by atoms with Crippen molar-refractivity contribution in [2.45, 2.75) is 30.9 Å². The van der Waals surface area contributed by atoms with Crippen molar-refractivity contribution in [3.63, 3.8) is 0 Å². The van der Waals surface area contributed by atoms with Crippen LogP contribution in [-0.4, -0.2) is 17.7 Å². The Morgan fingerprint density at radius 1 is 1.56 bits per heavy atom. The molecule has 1 rings (SSSR count). The number of amides is 1. The summed E-state index contributed by atoms with van der Waals surface area (Å²) >= 11 is 1.55. The summed E-state index contributed by atoms with van der Waals surface area (Å²) in [4.78, 5) is 12.6. The van der Waals surface area contributed by atoms with Crippen LogP contribution >= 0.6 is 11.8 Å². The Morgan fingerprint density at radius 3 is 2.81 bits per heavy atom. The van der Waals surface area contributed by atoms with Gasteiger partial charge in [-0.05, 0) is 44.5 Å². The van der Waals surface area contributed by atoms with E-state index in [1.807, 2.05) is 39.0 Å². The second-order valence-corrected chi connectivity index (χ2v) is 5.09. The van der Waals surface area contributed by atoms with Crippen LogP contribution in [0.3, 0.4) is 0 Å². The van der Waals surface area contributed by atoms with Gasteiger partial charge in [0.2, 0.25) is 5.91 Å². The van der Waals surface area contributed by atoms with Crippen LogP contribution in [-0.2, 0) is 4.79 Å². The molecule has 0 saturated heterocycles. The number of carbonyl (C=O) groups is 1. The fourth-order valence-electron chi connectivity index (χ4n) is 1.30. The van der Waals surface area contributed by atoms with Crippen molar-refractivity contribution in [1.82, 2.24) is 5.32 Å². The summed E-state index contributed by atoms with van der Waals surface area (Å²) in [7, 11) is 0. The van der Waals surface area contributed by atoms with Crippen molar-refractivity contribution >= 4 is 23.4 Å². The highest BCUT2D eigenvalue weighted by atomic mass is 32.2. The standard InChI is InChI=1S/C12H18N2OS/c1-4-14-12(15)9(3)16-10-5-6-11(13)8(2)7-10/h5-7,9H,4,13H2,1-3H3,(H,14,15). The van der Waals surface area contributed by atoms with Crippen molar-refractivity contribution in [2.24, 2.45) is 0 Å².